The minimum atomic E-state index is -2.28. The van der Waals surface area contributed by atoms with Crippen LogP contribution in [0.1, 0.15) is 78.9 Å². The number of aryl methyl sites for hydroxylation is 2. The van der Waals surface area contributed by atoms with Gasteiger partial charge in [-0.15, -0.1) is 11.3 Å². The zero-order valence-electron chi connectivity index (χ0n) is 79.5. The van der Waals surface area contributed by atoms with Gasteiger partial charge in [0.25, 0.3) is 0 Å². The van der Waals surface area contributed by atoms with Crippen LogP contribution in [-0.2, 0) is 48.8 Å². The molecule has 1 saturated heterocycles. The second kappa shape index (κ2) is 42.5. The first kappa shape index (κ1) is 97.3. The molecular weight excluding hydrogens is 1850 g/mol. The van der Waals surface area contributed by atoms with Crippen molar-refractivity contribution < 1.29 is 32.3 Å². The first-order chi connectivity index (χ1) is 66.3. The van der Waals surface area contributed by atoms with Crippen LogP contribution in [0.2, 0.25) is 0 Å². The topological polar surface area (TPSA) is 311 Å². The number of nitrogens with one attached hydrogen (secondary N) is 9. The van der Waals surface area contributed by atoms with Crippen molar-refractivity contribution in [3.8, 4) is 11.1 Å². The third kappa shape index (κ3) is 24.5. The molecule has 1 aliphatic heterocycles. The molecule has 2 aliphatic carbocycles. The Kier molecular flexibility index (Phi) is 30.0. The summed E-state index contributed by atoms with van der Waals surface area (Å²) in [5, 5.41) is 52.0. The molecule has 30 heteroatoms. The van der Waals surface area contributed by atoms with Crippen molar-refractivity contribution in [2.75, 3.05) is 122 Å². The number of thiophene rings is 2. The number of imidazole rings is 1. The number of furan rings is 1. The van der Waals surface area contributed by atoms with E-state index in [-0.39, 0.29) is 6.61 Å². The normalized spacial score (nSPS) is 13.6. The lowest BCUT2D eigenvalue weighted by Crippen LogP contribution is -2.26. The third-order valence-corrected chi connectivity index (χ3v) is 34.2. The van der Waals surface area contributed by atoms with E-state index in [9.17, 15) is 27.9 Å². The zero-order valence-corrected chi connectivity index (χ0v) is 85.6. The van der Waals surface area contributed by atoms with Gasteiger partial charge >= 0.3 is 0 Å². The van der Waals surface area contributed by atoms with Gasteiger partial charge in [-0.1, -0.05) is 85.6 Å². The Morgan fingerprint density at radius 1 is 0.471 bits per heavy atom. The number of fused-ring (bicyclic) bond motifs is 9. The quantitative estimate of drug-likeness (QED) is 0.0198. The van der Waals surface area contributed by atoms with Gasteiger partial charge in [0.1, 0.15) is 76.6 Å². The summed E-state index contributed by atoms with van der Waals surface area (Å²) in [6, 6.07) is 78.6. The van der Waals surface area contributed by atoms with Gasteiger partial charge in [-0.05, 0) is 315 Å². The Bertz CT molecular complexity index is 7620. The van der Waals surface area contributed by atoms with Crippen LogP contribution >= 0.6 is 58.4 Å². The van der Waals surface area contributed by atoms with Crippen molar-refractivity contribution in [1.29, 1.82) is 0 Å². The molecule has 9 aromatic heterocycles. The molecule has 0 atom stereocenters. The van der Waals surface area contributed by atoms with Crippen molar-refractivity contribution in [3.63, 3.8) is 0 Å². The minimum absolute atomic E-state index is 0.167. The number of aromatic amines is 1. The van der Waals surface area contributed by atoms with Crippen molar-refractivity contribution in [2.24, 2.45) is 0 Å². The minimum Gasteiger partial charge on any atom is -0.472 e. The molecular formula is C108H117N16O7P5S2. The van der Waals surface area contributed by atoms with Gasteiger partial charge in [-0.25, -0.2) is 29.9 Å². The first-order valence-corrected chi connectivity index (χ1v) is 61.3. The number of aliphatic hydroxyl groups is 1. The average Bonchev–Trinajstić information content (AvgIpc) is 1.72. The highest BCUT2D eigenvalue weighted by Gasteiger charge is 2.25. The average molecular weight is 1970 g/mol. The maximum atomic E-state index is 12.3. The summed E-state index contributed by atoms with van der Waals surface area (Å²) < 4.78 is 67.4. The van der Waals surface area contributed by atoms with E-state index in [1.165, 1.54) is 106 Å². The van der Waals surface area contributed by atoms with Crippen molar-refractivity contribution in [3.05, 3.63) is 300 Å². The maximum absolute atomic E-state index is 12.3. The number of nitrogens with zero attached hydrogens (tertiary/aromatic N) is 7. The summed E-state index contributed by atoms with van der Waals surface area (Å²) in [7, 11) is -11.2. The molecule has 21 rings (SSSR count). The summed E-state index contributed by atoms with van der Waals surface area (Å²) in [5.74, 6) is 3.50. The fraction of sp³-hybridized carbons (Fsp3) is 0.241. The molecule has 1 saturated carbocycles. The Hall–Kier alpha value is -12.4. The van der Waals surface area contributed by atoms with Crippen LogP contribution in [0.4, 0.5) is 74.5 Å². The standard InChI is InChI=1S/C25H27N4OP.C22H27N2OPS.C21H21N4OPS.C21H23N2O2P.C19H19N4O2P/c1-31(2,30)20-12-10-19(11-13-20)26-24-17-23(28-29-15-5-6-16-29)25-21-8-4-3-7-18(21)9-14-22(25)27-24;1-26(2,25)20-9-7-16(8-10-20)13-23-19-11-17-14-27-15-21(17)22(12-19)24-18-5-3-4-6-18;1-14-11-18-21(28-14)19(23-16-5-4-10-22-13-16)12-20(25-18)24-15-6-8-17(9-7-15)27(2,3)26;1-26(2,24)17-9-7-16(8-10-17)22-21-13-19(15-11-12-25-14-15)18-5-3-4-6-20(18)23-21;1-26(2,25)13-9-7-12(8-10-13)20-19-18-17(22-16(11-24)23-18)14-5-3-4-6-15(14)21-19/h3-4,7-14,17H,5-6,15-16H2,1-2H3,(H2,26,27,28);7-12,14-15,18,23-24H,3-6,13H2,1-2H3;4-13H,1-3H3,(H2,23,24,25);7-14H,3-6H2,1-2H3,(H,22,23);3-10,24H,11H2,1-2H3,(H,20,21)(H,22,23). The number of hydrazine groups is 1. The number of H-pyrrole nitrogens is 1. The zero-order chi connectivity index (χ0) is 96.5. The van der Waals surface area contributed by atoms with E-state index >= 15 is 0 Å². The Balaban J connectivity index is 0.000000120. The third-order valence-electron chi connectivity index (χ3n) is 24.7. The van der Waals surface area contributed by atoms with E-state index in [0.717, 1.165) is 171 Å². The van der Waals surface area contributed by atoms with Crippen LogP contribution in [0.15, 0.2) is 277 Å². The molecule has 0 spiro atoms. The number of pyridine rings is 5. The molecule has 708 valence electrons. The second-order valence-electron chi connectivity index (χ2n) is 37.3. The van der Waals surface area contributed by atoms with Crippen LogP contribution in [-0.4, -0.2) is 131 Å². The molecule has 0 radical (unpaired) electrons. The summed E-state index contributed by atoms with van der Waals surface area (Å²) in [6.07, 6.45) is 19.2. The predicted octanol–water partition coefficient (Wildman–Crippen LogP) is 26.5. The number of para-hydroxylation sites is 1. The summed E-state index contributed by atoms with van der Waals surface area (Å²) >= 11 is 3.47. The summed E-state index contributed by atoms with van der Waals surface area (Å²) in [4.78, 5) is 32.2. The number of aromatic nitrogens is 7. The fourth-order valence-corrected chi connectivity index (χ4v) is 23.4. The lowest BCUT2D eigenvalue weighted by molar-refractivity contribution is 0.273. The summed E-state index contributed by atoms with van der Waals surface area (Å²) in [6.45, 7) is 22.6. The van der Waals surface area contributed by atoms with Gasteiger partial charge in [-0.2, -0.15) is 11.3 Å². The van der Waals surface area contributed by atoms with Crippen molar-refractivity contribution in [1.82, 2.24) is 39.9 Å². The Morgan fingerprint density at radius 2 is 1.04 bits per heavy atom. The number of aliphatic hydroxyl groups excluding tert-OH is 1. The van der Waals surface area contributed by atoms with Crippen LogP contribution < -0.4 is 69.2 Å². The molecule has 0 bridgehead atoms. The van der Waals surface area contributed by atoms with Crippen LogP contribution in [0.5, 0.6) is 0 Å². The monoisotopic (exact) mass is 1970 g/mol. The number of anilines is 13. The largest absolute Gasteiger partial charge is 0.472 e. The maximum Gasteiger partial charge on any atom is 0.157 e. The van der Waals surface area contributed by atoms with Crippen LogP contribution in [0.3, 0.4) is 0 Å². The fourth-order valence-electron chi connectivity index (χ4n) is 17.4. The van der Waals surface area contributed by atoms with Crippen molar-refractivity contribution >= 4 is 224 Å². The Morgan fingerprint density at radius 3 is 1.62 bits per heavy atom. The molecule has 23 nitrogen and oxygen atoms in total. The molecule has 0 amide bonds. The van der Waals surface area contributed by atoms with Gasteiger partial charge in [0.15, 0.2) is 5.82 Å². The number of hydrogen-bond donors (Lipinski definition) is 10. The van der Waals surface area contributed by atoms with E-state index in [2.05, 4.69) is 159 Å². The molecule has 2 fully saturated rings. The lowest BCUT2D eigenvalue weighted by Gasteiger charge is -2.21. The Labute approximate surface area is 814 Å². The van der Waals surface area contributed by atoms with Gasteiger partial charge in [0.2, 0.25) is 0 Å². The molecule has 9 aromatic carbocycles. The predicted molar refractivity (Wildman–Crippen MR) is 587 cm³/mol. The lowest BCUT2D eigenvalue weighted by atomic mass is 9.90. The van der Waals surface area contributed by atoms with E-state index < -0.39 is 35.7 Å². The number of rotatable bonds is 24. The molecule has 10 heterocycles. The van der Waals surface area contributed by atoms with E-state index in [1.807, 2.05) is 171 Å². The van der Waals surface area contributed by atoms with Crippen molar-refractivity contribution in [2.45, 2.75) is 90.3 Å². The first-order valence-electron chi connectivity index (χ1n) is 46.5. The van der Waals surface area contributed by atoms with E-state index in [0.29, 0.717) is 17.7 Å². The molecule has 18 aromatic rings. The highest BCUT2D eigenvalue weighted by molar-refractivity contribution is 7.71. The molecule has 10 N–H and O–H groups in total. The van der Waals surface area contributed by atoms with Gasteiger partial charge in [0, 0.05) is 142 Å². The molecule has 3 aliphatic rings. The molecule has 138 heavy (non-hydrogen) atoms. The number of hydrogen-bond acceptors (Lipinski definition) is 24. The smallest absolute Gasteiger partial charge is 0.157 e. The van der Waals surface area contributed by atoms with Crippen LogP contribution in [0.25, 0.3) is 75.7 Å². The SMILES string of the molecule is CP(C)(=O)c1ccc(CNc2cc(NC3CCCC3)c3cscc3c2)cc1.CP(C)(=O)c1ccc(Nc2cc(-c3ccoc3)c3c(n2)CCCC3)cc1.CP(C)(=O)c1ccc(Nc2cc(NN3CCCC3)c3c(ccc4ccccc43)n2)cc1.CP(C)(=O)c1ccc(Nc2nc3ccccc3c3nc(CO)[nH]c23)cc1.Cc1cc2nc(Nc3ccc(P(C)(C)=O)cc3)cc(Nc3cccnc3)c2s1. The van der Waals surface area contributed by atoms with Gasteiger partial charge < -0.3 is 80.0 Å². The highest BCUT2D eigenvalue weighted by atomic mass is 32.1. The summed E-state index contributed by atoms with van der Waals surface area (Å²) in [5.41, 5.74) is 22.9. The number of benzene rings is 9. The van der Waals surface area contributed by atoms with E-state index in [4.69, 9.17) is 24.4 Å². The van der Waals surface area contributed by atoms with E-state index in [1.54, 1.807) is 101 Å². The highest BCUT2D eigenvalue weighted by Crippen LogP contribution is 2.44. The van der Waals surface area contributed by atoms with Gasteiger partial charge in [0.05, 0.1) is 57.0 Å². The molecule has 0 unspecified atom stereocenters. The van der Waals surface area contributed by atoms with Crippen LogP contribution in [0, 0.1) is 6.92 Å². The van der Waals surface area contributed by atoms with Gasteiger partial charge in [-0.3, -0.25) is 4.98 Å². The second-order valence-corrected chi connectivity index (χ2v) is 55.4.